The molecule has 1 aromatic rings. The summed E-state index contributed by atoms with van der Waals surface area (Å²) >= 11 is 0. The zero-order valence-electron chi connectivity index (χ0n) is 13.8. The van der Waals surface area contributed by atoms with E-state index in [2.05, 4.69) is 5.32 Å². The van der Waals surface area contributed by atoms with Gasteiger partial charge in [-0.15, -0.1) is 0 Å². The Hall–Kier alpha value is -2.01. The molecule has 0 spiro atoms. The third-order valence-electron chi connectivity index (χ3n) is 3.82. The number of methoxy groups -OCH3 is 3. The van der Waals surface area contributed by atoms with Crippen molar-refractivity contribution in [1.82, 2.24) is 5.32 Å². The van der Waals surface area contributed by atoms with Crippen LogP contribution in [0.3, 0.4) is 0 Å². The Morgan fingerprint density at radius 1 is 1.09 bits per heavy atom. The minimum absolute atomic E-state index is 0.167. The lowest BCUT2D eigenvalue weighted by molar-refractivity contribution is -0.124. The van der Waals surface area contributed by atoms with Crippen LogP contribution < -0.4 is 19.5 Å². The number of nitrogens with one attached hydrogen (secondary N) is 1. The van der Waals surface area contributed by atoms with Gasteiger partial charge in [-0.05, 0) is 23.8 Å². The highest BCUT2D eigenvalue weighted by atomic mass is 16.5. The topological polar surface area (TPSA) is 56.8 Å². The predicted molar refractivity (Wildman–Crippen MR) is 85.7 cm³/mol. The highest BCUT2D eigenvalue weighted by molar-refractivity contribution is 6.04. The van der Waals surface area contributed by atoms with E-state index >= 15 is 0 Å². The second-order valence-electron chi connectivity index (χ2n) is 5.94. The second kappa shape index (κ2) is 6.40. The summed E-state index contributed by atoms with van der Waals surface area (Å²) in [5.41, 5.74) is 1.22. The number of benzene rings is 1. The van der Waals surface area contributed by atoms with Crippen LogP contribution in [-0.4, -0.2) is 40.2 Å². The van der Waals surface area contributed by atoms with Crippen molar-refractivity contribution in [1.29, 1.82) is 0 Å². The number of carbonyl (C=O) groups excluding carboxylic acids is 1. The summed E-state index contributed by atoms with van der Waals surface area (Å²) in [5.74, 6) is 1.86. The van der Waals surface area contributed by atoms with Crippen LogP contribution in [-0.2, 0) is 4.79 Å². The Bertz CT molecular complexity index is 580. The summed E-state index contributed by atoms with van der Waals surface area (Å²) in [4.78, 5) is 12.5. The minimum Gasteiger partial charge on any atom is -0.493 e. The van der Waals surface area contributed by atoms with Gasteiger partial charge in [0, 0.05) is 24.1 Å². The van der Waals surface area contributed by atoms with Gasteiger partial charge >= 0.3 is 0 Å². The third kappa shape index (κ3) is 3.09. The molecule has 5 heteroatoms. The van der Waals surface area contributed by atoms with Gasteiger partial charge in [-0.1, -0.05) is 13.8 Å². The fourth-order valence-corrected chi connectivity index (χ4v) is 2.61. The summed E-state index contributed by atoms with van der Waals surface area (Å²) in [6, 6.07) is 3.67. The van der Waals surface area contributed by atoms with E-state index in [0.29, 0.717) is 30.3 Å². The summed E-state index contributed by atoms with van der Waals surface area (Å²) < 4.78 is 16.0. The van der Waals surface area contributed by atoms with Gasteiger partial charge in [-0.2, -0.15) is 0 Å². The lowest BCUT2D eigenvalue weighted by atomic mass is 9.80. The molecule has 1 N–H and O–H groups in total. The molecule has 0 unspecified atom stereocenters. The maximum atomic E-state index is 12.5. The standard InChI is InChI=1S/C17H23NO4/c1-17(2)10-18-9-12(16(17)19)6-11-7-13(20-3)15(22-5)14(8-11)21-4/h6-8,18H,9-10H2,1-5H3/b12-6+. The first-order valence-corrected chi connectivity index (χ1v) is 7.19. The van der Waals surface area contributed by atoms with Gasteiger partial charge in [0.25, 0.3) is 0 Å². The van der Waals surface area contributed by atoms with Gasteiger partial charge in [0.05, 0.1) is 21.3 Å². The van der Waals surface area contributed by atoms with Crippen LogP contribution in [0.25, 0.3) is 6.08 Å². The number of piperidine rings is 1. The van der Waals surface area contributed by atoms with Crippen LogP contribution in [0.4, 0.5) is 0 Å². The van der Waals surface area contributed by atoms with Gasteiger partial charge in [-0.3, -0.25) is 4.79 Å². The average Bonchev–Trinajstić information content (AvgIpc) is 2.50. The second-order valence-corrected chi connectivity index (χ2v) is 5.94. The van der Waals surface area contributed by atoms with Crippen molar-refractivity contribution in [3.8, 4) is 17.2 Å². The van der Waals surface area contributed by atoms with Crippen molar-refractivity contribution >= 4 is 11.9 Å². The first-order chi connectivity index (χ1) is 10.4. The molecule has 0 bridgehead atoms. The van der Waals surface area contributed by atoms with E-state index in [1.165, 1.54) is 0 Å². The van der Waals surface area contributed by atoms with E-state index in [1.807, 2.05) is 32.1 Å². The molecular weight excluding hydrogens is 282 g/mol. The van der Waals surface area contributed by atoms with Gasteiger partial charge in [-0.25, -0.2) is 0 Å². The zero-order chi connectivity index (χ0) is 16.3. The molecule has 1 aliphatic rings. The van der Waals surface area contributed by atoms with E-state index in [1.54, 1.807) is 21.3 Å². The Balaban J connectivity index is 2.45. The number of rotatable bonds is 4. The molecule has 1 heterocycles. The number of ketones is 1. The molecule has 120 valence electrons. The Morgan fingerprint density at radius 3 is 2.18 bits per heavy atom. The molecule has 1 saturated heterocycles. The number of Topliss-reactive ketones (excluding diaryl/α,β-unsaturated/α-hetero) is 1. The summed E-state index contributed by atoms with van der Waals surface area (Å²) in [6.07, 6.45) is 1.88. The Kier molecular flexibility index (Phi) is 4.76. The minimum atomic E-state index is -0.384. The molecule has 1 aromatic carbocycles. The van der Waals surface area contributed by atoms with Crippen LogP contribution in [0.2, 0.25) is 0 Å². The largest absolute Gasteiger partial charge is 0.493 e. The van der Waals surface area contributed by atoms with E-state index in [-0.39, 0.29) is 11.2 Å². The van der Waals surface area contributed by atoms with Gasteiger partial charge in [0.2, 0.25) is 5.75 Å². The number of carbonyl (C=O) groups is 1. The highest BCUT2D eigenvalue weighted by Crippen LogP contribution is 2.39. The van der Waals surface area contributed by atoms with Crippen molar-refractivity contribution in [2.45, 2.75) is 13.8 Å². The fourth-order valence-electron chi connectivity index (χ4n) is 2.61. The molecule has 0 aromatic heterocycles. The number of hydrogen-bond acceptors (Lipinski definition) is 5. The first-order valence-electron chi connectivity index (χ1n) is 7.19. The molecule has 22 heavy (non-hydrogen) atoms. The van der Waals surface area contributed by atoms with Crippen molar-refractivity contribution in [2.24, 2.45) is 5.41 Å². The Labute approximate surface area is 131 Å². The third-order valence-corrected chi connectivity index (χ3v) is 3.82. The lowest BCUT2D eigenvalue weighted by Crippen LogP contribution is -2.44. The average molecular weight is 305 g/mol. The molecule has 2 rings (SSSR count). The molecule has 0 radical (unpaired) electrons. The van der Waals surface area contributed by atoms with Crippen molar-refractivity contribution in [3.05, 3.63) is 23.3 Å². The summed E-state index contributed by atoms with van der Waals surface area (Å²) in [6.45, 7) is 5.16. The van der Waals surface area contributed by atoms with Crippen LogP contribution in [0.15, 0.2) is 17.7 Å². The molecule has 1 fully saturated rings. The maximum absolute atomic E-state index is 12.5. The quantitative estimate of drug-likeness (QED) is 0.865. The fraction of sp³-hybridized carbons (Fsp3) is 0.471. The maximum Gasteiger partial charge on any atom is 0.203 e. The van der Waals surface area contributed by atoms with Crippen LogP contribution >= 0.6 is 0 Å². The van der Waals surface area contributed by atoms with E-state index < -0.39 is 0 Å². The number of ether oxygens (including phenoxy) is 3. The van der Waals surface area contributed by atoms with E-state index in [0.717, 1.165) is 11.1 Å². The Morgan fingerprint density at radius 2 is 1.68 bits per heavy atom. The smallest absolute Gasteiger partial charge is 0.203 e. The molecule has 0 atom stereocenters. The zero-order valence-corrected chi connectivity index (χ0v) is 13.8. The van der Waals surface area contributed by atoms with Gasteiger partial charge < -0.3 is 19.5 Å². The predicted octanol–water partition coefficient (Wildman–Crippen LogP) is 2.29. The van der Waals surface area contributed by atoms with Crippen molar-refractivity contribution < 1.29 is 19.0 Å². The summed E-state index contributed by atoms with van der Waals surface area (Å²) in [7, 11) is 4.71. The monoisotopic (exact) mass is 305 g/mol. The van der Waals surface area contributed by atoms with Crippen LogP contribution in [0, 0.1) is 5.41 Å². The van der Waals surface area contributed by atoms with Crippen molar-refractivity contribution in [3.63, 3.8) is 0 Å². The van der Waals surface area contributed by atoms with Gasteiger partial charge in [0.15, 0.2) is 17.3 Å². The SMILES string of the molecule is COc1cc(/C=C2\CNCC(C)(C)C2=O)cc(OC)c1OC. The molecule has 5 nitrogen and oxygen atoms in total. The molecule has 0 saturated carbocycles. The van der Waals surface area contributed by atoms with Gasteiger partial charge in [0.1, 0.15) is 0 Å². The lowest BCUT2D eigenvalue weighted by Gasteiger charge is -2.30. The van der Waals surface area contributed by atoms with Crippen LogP contribution in [0.5, 0.6) is 17.2 Å². The first kappa shape index (κ1) is 16.4. The summed E-state index contributed by atoms with van der Waals surface area (Å²) in [5, 5.41) is 3.28. The van der Waals surface area contributed by atoms with Crippen molar-refractivity contribution in [2.75, 3.05) is 34.4 Å². The van der Waals surface area contributed by atoms with E-state index in [4.69, 9.17) is 14.2 Å². The molecule has 0 aliphatic carbocycles. The molecular formula is C17H23NO4. The highest BCUT2D eigenvalue weighted by Gasteiger charge is 2.33. The number of hydrogen-bond donors (Lipinski definition) is 1. The molecule has 0 amide bonds. The normalized spacial score (nSPS) is 19.1. The molecule has 1 aliphatic heterocycles. The van der Waals surface area contributed by atoms with E-state index in [9.17, 15) is 4.79 Å². The van der Waals surface area contributed by atoms with Crippen LogP contribution in [0.1, 0.15) is 19.4 Å².